The molecule has 2 atom stereocenters. The highest BCUT2D eigenvalue weighted by molar-refractivity contribution is 5.80. The van der Waals surface area contributed by atoms with Crippen LogP contribution in [0.15, 0.2) is 36.7 Å². The van der Waals surface area contributed by atoms with E-state index in [1.165, 1.54) is 24.0 Å². The quantitative estimate of drug-likeness (QED) is 0.385. The van der Waals surface area contributed by atoms with Gasteiger partial charge in [-0.15, -0.1) is 0 Å². The molecule has 2 unspecified atom stereocenters. The summed E-state index contributed by atoms with van der Waals surface area (Å²) in [5.74, 6) is 0.555. The first-order chi connectivity index (χ1) is 19.3. The van der Waals surface area contributed by atoms with Crippen LogP contribution in [-0.2, 0) is 31.4 Å². The second-order valence-electron chi connectivity index (χ2n) is 12.3. The Hall–Kier alpha value is -3.26. The second kappa shape index (κ2) is 9.68. The zero-order chi connectivity index (χ0) is 27.7. The number of anilines is 2. The Labute approximate surface area is 234 Å². The normalized spacial score (nSPS) is 24.1. The van der Waals surface area contributed by atoms with Gasteiger partial charge in [-0.05, 0) is 91.9 Å². The Morgan fingerprint density at radius 1 is 1.00 bits per heavy atom. The van der Waals surface area contributed by atoms with Gasteiger partial charge in [-0.2, -0.15) is 5.10 Å². The van der Waals surface area contributed by atoms with E-state index in [9.17, 15) is 13.6 Å². The van der Waals surface area contributed by atoms with E-state index in [0.717, 1.165) is 60.3 Å². The van der Waals surface area contributed by atoms with Gasteiger partial charge in [0.1, 0.15) is 0 Å². The summed E-state index contributed by atoms with van der Waals surface area (Å²) in [4.78, 5) is 19.2. The van der Waals surface area contributed by atoms with Crippen molar-refractivity contribution in [2.75, 3.05) is 18.5 Å². The molecule has 2 saturated heterocycles. The summed E-state index contributed by atoms with van der Waals surface area (Å²) in [6, 6.07) is 9.62. The van der Waals surface area contributed by atoms with E-state index < -0.39 is 6.43 Å². The number of benzene rings is 2. The van der Waals surface area contributed by atoms with Crippen molar-refractivity contribution < 1.29 is 13.6 Å². The molecular weight excluding hydrogens is 508 g/mol. The molecule has 4 aliphatic rings. The summed E-state index contributed by atoms with van der Waals surface area (Å²) < 4.78 is 30.7. The molecular formula is C32H37F2N5O. The highest BCUT2D eigenvalue weighted by atomic mass is 19.3. The van der Waals surface area contributed by atoms with Crippen LogP contribution in [0.5, 0.6) is 0 Å². The van der Waals surface area contributed by atoms with Crippen LogP contribution in [-0.4, -0.2) is 51.2 Å². The number of fused-ring (bicyclic) bond motifs is 4. The molecule has 8 heteroatoms. The lowest BCUT2D eigenvalue weighted by Crippen LogP contribution is -2.39. The number of aryl methyl sites for hydroxylation is 2. The third-order valence-corrected chi connectivity index (χ3v) is 9.98. The van der Waals surface area contributed by atoms with E-state index in [4.69, 9.17) is 0 Å². The fourth-order valence-electron chi connectivity index (χ4n) is 7.79. The molecule has 0 N–H and O–H groups in total. The minimum atomic E-state index is -2.59. The maximum Gasteiger partial charge on any atom is 0.264 e. The summed E-state index contributed by atoms with van der Waals surface area (Å²) in [7, 11) is 4.07. The Bertz CT molecular complexity index is 1470. The van der Waals surface area contributed by atoms with Crippen LogP contribution in [0.25, 0.3) is 11.1 Å². The molecule has 5 heterocycles. The first kappa shape index (κ1) is 25.7. The molecule has 2 bridgehead atoms. The minimum absolute atomic E-state index is 0.0451. The smallest absolute Gasteiger partial charge is 0.264 e. The fourth-order valence-corrected chi connectivity index (χ4v) is 7.79. The van der Waals surface area contributed by atoms with Gasteiger partial charge in [0.15, 0.2) is 0 Å². The maximum absolute atomic E-state index is 14.5. The van der Waals surface area contributed by atoms with E-state index in [2.05, 4.69) is 34.1 Å². The average molecular weight is 546 g/mol. The molecule has 2 aromatic carbocycles. The number of nitrogens with zero attached hydrogens (tertiary/aromatic N) is 5. The molecule has 2 fully saturated rings. The number of aromatic nitrogens is 2. The zero-order valence-electron chi connectivity index (χ0n) is 23.5. The molecule has 4 aliphatic heterocycles. The number of halogens is 2. The Morgan fingerprint density at radius 2 is 1.77 bits per heavy atom. The number of carbonyl (C=O) groups is 1. The lowest BCUT2D eigenvalue weighted by Gasteiger charge is -2.38. The Balaban J connectivity index is 1.34. The summed E-state index contributed by atoms with van der Waals surface area (Å²) in [6.45, 7) is 3.59. The van der Waals surface area contributed by atoms with Gasteiger partial charge >= 0.3 is 0 Å². The van der Waals surface area contributed by atoms with Crippen molar-refractivity contribution in [3.05, 3.63) is 64.5 Å². The summed E-state index contributed by atoms with van der Waals surface area (Å²) >= 11 is 0. The topological polar surface area (TPSA) is 44.6 Å². The number of piperidine rings is 1. The average Bonchev–Trinajstić information content (AvgIpc) is 3.61. The summed E-state index contributed by atoms with van der Waals surface area (Å²) in [5.41, 5.74) is 8.10. The van der Waals surface area contributed by atoms with Crippen molar-refractivity contribution in [3.63, 3.8) is 0 Å². The van der Waals surface area contributed by atoms with Crippen LogP contribution < -0.4 is 4.90 Å². The van der Waals surface area contributed by atoms with Gasteiger partial charge in [-0.25, -0.2) is 8.78 Å². The van der Waals surface area contributed by atoms with E-state index in [1.807, 2.05) is 11.0 Å². The van der Waals surface area contributed by atoms with Gasteiger partial charge in [-0.1, -0.05) is 6.07 Å². The molecule has 6 nitrogen and oxygen atoms in total. The molecule has 3 aromatic rings. The minimum Gasteiger partial charge on any atom is -0.341 e. The lowest BCUT2D eigenvalue weighted by atomic mass is 9.83. The van der Waals surface area contributed by atoms with Crippen molar-refractivity contribution >= 4 is 17.3 Å². The van der Waals surface area contributed by atoms with Crippen LogP contribution in [0, 0.1) is 0 Å². The Morgan fingerprint density at radius 3 is 2.45 bits per heavy atom. The number of rotatable bonds is 4. The fraction of sp³-hybridized carbons (Fsp3) is 0.500. The molecule has 0 saturated carbocycles. The van der Waals surface area contributed by atoms with Crippen LogP contribution in [0.4, 0.5) is 20.2 Å². The maximum atomic E-state index is 14.5. The molecule has 0 spiro atoms. The van der Waals surface area contributed by atoms with Crippen molar-refractivity contribution in [2.45, 2.75) is 83.0 Å². The zero-order valence-corrected chi connectivity index (χ0v) is 23.5. The van der Waals surface area contributed by atoms with Crippen molar-refractivity contribution in [2.24, 2.45) is 7.05 Å². The highest BCUT2D eigenvalue weighted by Gasteiger charge is 2.40. The molecule has 0 aliphatic carbocycles. The number of hydrogen-bond acceptors (Lipinski definition) is 4. The van der Waals surface area contributed by atoms with Gasteiger partial charge in [0.2, 0.25) is 5.91 Å². The number of alkyl halides is 2. The monoisotopic (exact) mass is 545 g/mol. The number of amides is 1. The van der Waals surface area contributed by atoms with Crippen molar-refractivity contribution in [1.82, 2.24) is 19.6 Å². The predicted octanol–water partition coefficient (Wildman–Crippen LogP) is 6.31. The Kier molecular flexibility index (Phi) is 6.22. The largest absolute Gasteiger partial charge is 0.341 e. The molecule has 7 rings (SSSR count). The van der Waals surface area contributed by atoms with Crippen LogP contribution in [0.3, 0.4) is 0 Å². The molecule has 1 aromatic heterocycles. The first-order valence-corrected chi connectivity index (χ1v) is 14.6. The summed E-state index contributed by atoms with van der Waals surface area (Å²) in [5, 5.41) is 4.23. The molecule has 0 radical (unpaired) electrons. The standard InChI is InChI=1S/C32H37F2N5O/c1-19(40)38-17-23-9-21(22-10-25-6-7-26(11-22)37(25)3)13-31(29(23)18-38)39-8-4-5-20-12-27(24-15-35-36(2)16-24)28(32(33)34)14-30(20)39/h9,12-16,22,25-26,32H,4-8,10-11,17-18H2,1-3H3. The van der Waals surface area contributed by atoms with E-state index in [1.54, 1.807) is 37.1 Å². The molecule has 40 heavy (non-hydrogen) atoms. The second-order valence-corrected chi connectivity index (χ2v) is 12.3. The molecule has 1 amide bonds. The van der Waals surface area contributed by atoms with Gasteiger partial charge < -0.3 is 14.7 Å². The lowest BCUT2D eigenvalue weighted by molar-refractivity contribution is -0.129. The van der Waals surface area contributed by atoms with E-state index in [-0.39, 0.29) is 11.5 Å². The van der Waals surface area contributed by atoms with E-state index >= 15 is 0 Å². The van der Waals surface area contributed by atoms with Crippen LogP contribution in [0.1, 0.15) is 79.2 Å². The third-order valence-electron chi connectivity index (χ3n) is 9.98. The third kappa shape index (κ3) is 4.23. The van der Waals surface area contributed by atoms with Gasteiger partial charge in [0, 0.05) is 80.0 Å². The summed E-state index contributed by atoms with van der Waals surface area (Å²) in [6.07, 6.45) is 7.51. The molecule has 210 valence electrons. The van der Waals surface area contributed by atoms with E-state index in [0.29, 0.717) is 36.7 Å². The van der Waals surface area contributed by atoms with Crippen LogP contribution >= 0.6 is 0 Å². The van der Waals surface area contributed by atoms with Crippen LogP contribution in [0.2, 0.25) is 0 Å². The van der Waals surface area contributed by atoms with Crippen molar-refractivity contribution in [3.8, 4) is 11.1 Å². The predicted molar refractivity (Wildman–Crippen MR) is 152 cm³/mol. The first-order valence-electron chi connectivity index (χ1n) is 14.6. The van der Waals surface area contributed by atoms with Gasteiger partial charge in [0.25, 0.3) is 6.43 Å². The van der Waals surface area contributed by atoms with Gasteiger partial charge in [-0.3, -0.25) is 9.48 Å². The number of carbonyl (C=O) groups excluding carboxylic acids is 1. The SMILES string of the molecule is CC(=O)N1Cc2cc(C3CC4CCC(C3)N4C)cc(N3CCCc4cc(-c5cnn(C)c5)c(C(F)F)cc43)c2C1. The van der Waals surface area contributed by atoms with Gasteiger partial charge in [0.05, 0.1) is 6.20 Å². The number of hydrogen-bond donors (Lipinski definition) is 0. The highest BCUT2D eigenvalue weighted by Crippen LogP contribution is 2.47. The van der Waals surface area contributed by atoms with Crippen molar-refractivity contribution in [1.29, 1.82) is 0 Å².